The maximum atomic E-state index is 9.17. The zero-order chi connectivity index (χ0) is 12.0. The summed E-state index contributed by atoms with van der Waals surface area (Å²) in [5.41, 5.74) is 1.26. The Labute approximate surface area is 98.4 Å². The highest BCUT2D eigenvalue weighted by Gasteiger charge is 2.29. The first-order chi connectivity index (χ1) is 7.68. The molecule has 0 fully saturated rings. The normalized spacial score (nSPS) is 16.4. The smallest absolute Gasteiger partial charge is 0.133 e. The van der Waals surface area contributed by atoms with Crippen LogP contribution in [-0.4, -0.2) is 36.3 Å². The van der Waals surface area contributed by atoms with Crippen molar-refractivity contribution in [3.8, 4) is 0 Å². The van der Waals surface area contributed by atoms with Crippen LogP contribution in [0, 0.1) is 0 Å². The molecule has 0 bridgehead atoms. The first-order valence-electron chi connectivity index (χ1n) is 5.80. The van der Waals surface area contributed by atoms with Crippen LogP contribution in [0.1, 0.15) is 18.5 Å². The first kappa shape index (κ1) is 12.9. The van der Waals surface area contributed by atoms with E-state index in [4.69, 9.17) is 0 Å². The number of likely N-dealkylation sites (N-methyl/N-ethyl adjacent to an activating group) is 1. The van der Waals surface area contributed by atoms with Crippen LogP contribution in [0.4, 0.5) is 0 Å². The number of benzene rings is 1. The summed E-state index contributed by atoms with van der Waals surface area (Å²) >= 11 is 0. The van der Waals surface area contributed by atoms with Crippen molar-refractivity contribution in [3.05, 3.63) is 48.6 Å². The fourth-order valence-electron chi connectivity index (χ4n) is 2.12. The standard InChI is InChI=1S/C14H22NO/c1-4-14(13-9-7-6-8-10-13)15(3,5-2)11-12-16/h4,6-10,14,16H,1,5,11-12H2,2-3H3/q+1. The molecule has 88 valence electrons. The maximum absolute atomic E-state index is 9.17. The fraction of sp³-hybridized carbons (Fsp3) is 0.429. The van der Waals surface area contributed by atoms with Crippen LogP contribution in [0.2, 0.25) is 0 Å². The molecule has 2 unspecified atom stereocenters. The minimum Gasteiger partial charge on any atom is -0.391 e. The van der Waals surface area contributed by atoms with Crippen LogP contribution >= 0.6 is 0 Å². The molecule has 1 aromatic rings. The van der Waals surface area contributed by atoms with Crippen molar-refractivity contribution < 1.29 is 9.59 Å². The number of hydrogen-bond donors (Lipinski definition) is 1. The average Bonchev–Trinajstić information content (AvgIpc) is 2.31. The Hall–Kier alpha value is -1.12. The monoisotopic (exact) mass is 220 g/mol. The van der Waals surface area contributed by atoms with Gasteiger partial charge < -0.3 is 9.59 Å². The summed E-state index contributed by atoms with van der Waals surface area (Å²) in [5.74, 6) is 0. The lowest BCUT2D eigenvalue weighted by atomic mass is 10.0. The van der Waals surface area contributed by atoms with E-state index in [2.05, 4.69) is 32.7 Å². The number of aliphatic hydroxyl groups is 1. The molecule has 0 aromatic heterocycles. The van der Waals surface area contributed by atoms with Gasteiger partial charge in [-0.1, -0.05) is 36.9 Å². The SMILES string of the molecule is C=CC(c1ccccc1)[N+](C)(CC)CCO. The van der Waals surface area contributed by atoms with Gasteiger partial charge in [0.1, 0.15) is 12.6 Å². The summed E-state index contributed by atoms with van der Waals surface area (Å²) in [7, 11) is 2.16. The van der Waals surface area contributed by atoms with Crippen LogP contribution in [0.5, 0.6) is 0 Å². The molecule has 0 spiro atoms. The minimum atomic E-state index is 0.210. The number of rotatable bonds is 6. The molecule has 0 saturated carbocycles. The number of aliphatic hydroxyl groups excluding tert-OH is 1. The summed E-state index contributed by atoms with van der Waals surface area (Å²) < 4.78 is 0.796. The second kappa shape index (κ2) is 5.83. The van der Waals surface area contributed by atoms with Crippen molar-refractivity contribution in [2.24, 2.45) is 0 Å². The highest BCUT2D eigenvalue weighted by Crippen LogP contribution is 2.27. The molecule has 2 heteroatoms. The van der Waals surface area contributed by atoms with Gasteiger partial charge in [0.25, 0.3) is 0 Å². The zero-order valence-corrected chi connectivity index (χ0v) is 10.3. The molecule has 0 aliphatic heterocycles. The van der Waals surface area contributed by atoms with Crippen molar-refractivity contribution in [2.75, 3.05) is 26.7 Å². The fourth-order valence-corrected chi connectivity index (χ4v) is 2.12. The summed E-state index contributed by atoms with van der Waals surface area (Å²) in [4.78, 5) is 0. The van der Waals surface area contributed by atoms with E-state index >= 15 is 0 Å². The van der Waals surface area contributed by atoms with Crippen LogP contribution in [0.3, 0.4) is 0 Å². The third kappa shape index (κ3) is 2.71. The van der Waals surface area contributed by atoms with Gasteiger partial charge >= 0.3 is 0 Å². The predicted octanol–water partition coefficient (Wildman–Crippen LogP) is 2.37. The second-order valence-electron chi connectivity index (χ2n) is 4.33. The number of hydrogen-bond acceptors (Lipinski definition) is 1. The van der Waals surface area contributed by atoms with E-state index in [1.54, 1.807) is 0 Å². The Morgan fingerprint density at radius 1 is 1.38 bits per heavy atom. The lowest BCUT2D eigenvalue weighted by Crippen LogP contribution is -2.48. The molecule has 0 saturated heterocycles. The summed E-state index contributed by atoms with van der Waals surface area (Å²) in [6, 6.07) is 10.6. The van der Waals surface area contributed by atoms with E-state index in [9.17, 15) is 5.11 Å². The Morgan fingerprint density at radius 3 is 2.44 bits per heavy atom. The number of nitrogens with zero attached hydrogens (tertiary/aromatic N) is 1. The van der Waals surface area contributed by atoms with E-state index in [1.807, 2.05) is 24.3 Å². The summed E-state index contributed by atoms with van der Waals surface area (Å²) in [5, 5.41) is 9.17. The van der Waals surface area contributed by atoms with Gasteiger partial charge in [0, 0.05) is 5.56 Å². The molecule has 2 nitrogen and oxygen atoms in total. The molecule has 0 radical (unpaired) electrons. The lowest BCUT2D eigenvalue weighted by Gasteiger charge is -2.39. The molecule has 0 aliphatic carbocycles. The molecule has 1 aromatic carbocycles. The van der Waals surface area contributed by atoms with Crippen molar-refractivity contribution >= 4 is 0 Å². The Bertz CT molecular complexity index is 323. The summed E-state index contributed by atoms with van der Waals surface area (Å²) in [6.07, 6.45) is 1.98. The quantitative estimate of drug-likeness (QED) is 0.576. The molecule has 1 N–H and O–H groups in total. The number of quaternary nitrogens is 1. The van der Waals surface area contributed by atoms with E-state index in [0.29, 0.717) is 0 Å². The third-order valence-corrected chi connectivity index (χ3v) is 3.37. The topological polar surface area (TPSA) is 20.2 Å². The molecule has 1 rings (SSSR count). The van der Waals surface area contributed by atoms with Gasteiger partial charge in [-0.05, 0) is 13.0 Å². The van der Waals surface area contributed by atoms with Crippen molar-refractivity contribution in [2.45, 2.75) is 13.0 Å². The Kier molecular flexibility index (Phi) is 4.71. The second-order valence-corrected chi connectivity index (χ2v) is 4.33. The van der Waals surface area contributed by atoms with Gasteiger partial charge in [0.15, 0.2) is 0 Å². The third-order valence-electron chi connectivity index (χ3n) is 3.37. The van der Waals surface area contributed by atoms with Gasteiger partial charge in [0.05, 0.1) is 20.2 Å². The largest absolute Gasteiger partial charge is 0.391 e. The maximum Gasteiger partial charge on any atom is 0.133 e. The molecular weight excluding hydrogens is 198 g/mol. The first-order valence-corrected chi connectivity index (χ1v) is 5.80. The van der Waals surface area contributed by atoms with E-state index in [1.165, 1.54) is 5.56 Å². The van der Waals surface area contributed by atoms with Gasteiger partial charge in [0.2, 0.25) is 0 Å². The van der Waals surface area contributed by atoms with E-state index in [-0.39, 0.29) is 12.6 Å². The van der Waals surface area contributed by atoms with Crippen molar-refractivity contribution in [1.82, 2.24) is 0 Å². The average molecular weight is 220 g/mol. The van der Waals surface area contributed by atoms with Gasteiger partial charge in [-0.25, -0.2) is 0 Å². The zero-order valence-electron chi connectivity index (χ0n) is 10.3. The van der Waals surface area contributed by atoms with Crippen LogP contribution in [0.25, 0.3) is 0 Å². The molecule has 0 amide bonds. The van der Waals surface area contributed by atoms with Crippen LogP contribution in [0.15, 0.2) is 43.0 Å². The minimum absolute atomic E-state index is 0.210. The molecule has 0 aliphatic rings. The highest BCUT2D eigenvalue weighted by molar-refractivity contribution is 5.20. The molecular formula is C14H22NO+. The predicted molar refractivity (Wildman–Crippen MR) is 68.1 cm³/mol. The van der Waals surface area contributed by atoms with Crippen LogP contribution in [-0.2, 0) is 0 Å². The lowest BCUT2D eigenvalue weighted by molar-refractivity contribution is -0.931. The summed E-state index contributed by atoms with van der Waals surface area (Å²) in [6.45, 7) is 8.02. The Morgan fingerprint density at radius 2 is 2.00 bits per heavy atom. The van der Waals surface area contributed by atoms with Gasteiger partial charge in [-0.15, -0.1) is 0 Å². The van der Waals surface area contributed by atoms with Crippen molar-refractivity contribution in [3.63, 3.8) is 0 Å². The van der Waals surface area contributed by atoms with Crippen molar-refractivity contribution in [1.29, 1.82) is 0 Å². The van der Waals surface area contributed by atoms with Gasteiger partial charge in [-0.3, -0.25) is 0 Å². The van der Waals surface area contributed by atoms with Gasteiger partial charge in [-0.2, -0.15) is 0 Å². The van der Waals surface area contributed by atoms with E-state index in [0.717, 1.165) is 17.6 Å². The van der Waals surface area contributed by atoms with E-state index < -0.39 is 0 Å². The highest BCUT2D eigenvalue weighted by atomic mass is 16.3. The molecule has 16 heavy (non-hydrogen) atoms. The van der Waals surface area contributed by atoms with Crippen LogP contribution < -0.4 is 0 Å². The molecule has 2 atom stereocenters. The Balaban J connectivity index is 3.01. The molecule has 0 heterocycles.